The molecule has 3 aromatic rings. The molecule has 8 nitrogen and oxygen atoms in total. The molecule has 0 unspecified atom stereocenters. The summed E-state index contributed by atoms with van der Waals surface area (Å²) < 4.78 is 61.8. The maximum Gasteiger partial charge on any atom is 0.417 e. The van der Waals surface area contributed by atoms with Crippen molar-refractivity contribution in [2.24, 2.45) is 0 Å². The van der Waals surface area contributed by atoms with Gasteiger partial charge in [0.2, 0.25) is 5.56 Å². The van der Waals surface area contributed by atoms with Crippen molar-refractivity contribution in [3.63, 3.8) is 0 Å². The van der Waals surface area contributed by atoms with Gasteiger partial charge in [0.1, 0.15) is 5.82 Å². The molecule has 0 saturated carbocycles. The summed E-state index contributed by atoms with van der Waals surface area (Å²) in [6.45, 7) is 7.55. The van der Waals surface area contributed by atoms with Crippen LogP contribution in [-0.2, 0) is 17.5 Å². The number of ether oxygens (including phenoxy) is 1. The van der Waals surface area contributed by atoms with Crippen molar-refractivity contribution < 1.29 is 27.1 Å². The Kier molecular flexibility index (Phi) is 8.67. The highest BCUT2D eigenvalue weighted by molar-refractivity contribution is 6.07. The zero-order valence-electron chi connectivity index (χ0n) is 23.4. The van der Waals surface area contributed by atoms with Gasteiger partial charge in [-0.05, 0) is 49.4 Å². The average molecular weight is 588 g/mol. The largest absolute Gasteiger partial charge is 0.417 e. The van der Waals surface area contributed by atoms with E-state index in [1.54, 1.807) is 30.3 Å². The highest BCUT2D eigenvalue weighted by Crippen LogP contribution is 2.36. The number of halogens is 4. The summed E-state index contributed by atoms with van der Waals surface area (Å²) in [5, 5.41) is 2.64. The summed E-state index contributed by atoms with van der Waals surface area (Å²) in [4.78, 5) is 33.6. The molecule has 1 amide bonds. The second-order valence-corrected chi connectivity index (χ2v) is 10.8. The highest BCUT2D eigenvalue weighted by Gasteiger charge is 2.36. The van der Waals surface area contributed by atoms with E-state index in [0.717, 1.165) is 37.9 Å². The highest BCUT2D eigenvalue weighted by atomic mass is 19.4. The second-order valence-electron chi connectivity index (χ2n) is 10.8. The molecular weight excluding hydrogens is 554 g/mol. The van der Waals surface area contributed by atoms with Gasteiger partial charge in [-0.3, -0.25) is 14.5 Å². The Morgan fingerprint density at radius 3 is 2.55 bits per heavy atom. The minimum atomic E-state index is -4.92. The number of carbonyl (C=O) groups excluding carboxylic acids is 1. The van der Waals surface area contributed by atoms with Crippen molar-refractivity contribution >= 4 is 17.3 Å². The van der Waals surface area contributed by atoms with Gasteiger partial charge in [0.25, 0.3) is 5.91 Å². The molecule has 3 heterocycles. The van der Waals surface area contributed by atoms with E-state index in [4.69, 9.17) is 4.74 Å². The lowest BCUT2D eigenvalue weighted by Crippen LogP contribution is -2.50. The van der Waals surface area contributed by atoms with E-state index in [0.29, 0.717) is 49.2 Å². The molecule has 2 aromatic carbocycles. The first-order chi connectivity index (χ1) is 20.0. The third-order valence-corrected chi connectivity index (χ3v) is 7.71. The molecule has 2 aliphatic heterocycles. The van der Waals surface area contributed by atoms with Crippen molar-refractivity contribution in [1.29, 1.82) is 0 Å². The summed E-state index contributed by atoms with van der Waals surface area (Å²) in [6.07, 6.45) is -4.15. The average Bonchev–Trinajstić information content (AvgIpc) is 2.94. The zero-order chi connectivity index (χ0) is 30.0. The number of anilines is 2. The smallest absolute Gasteiger partial charge is 0.379 e. The monoisotopic (exact) mass is 587 g/mol. The molecule has 0 bridgehead atoms. The number of nitrogens with zero attached hydrogens (tertiary/aromatic N) is 3. The van der Waals surface area contributed by atoms with E-state index in [1.165, 1.54) is 6.07 Å². The van der Waals surface area contributed by atoms with E-state index in [2.05, 4.69) is 25.0 Å². The molecule has 0 aliphatic carbocycles. The van der Waals surface area contributed by atoms with Gasteiger partial charge < -0.3 is 24.8 Å². The van der Waals surface area contributed by atoms with Gasteiger partial charge in [-0.15, -0.1) is 0 Å². The van der Waals surface area contributed by atoms with Crippen LogP contribution in [0.2, 0.25) is 0 Å². The van der Waals surface area contributed by atoms with E-state index in [-0.39, 0.29) is 11.7 Å². The summed E-state index contributed by atoms with van der Waals surface area (Å²) in [5.41, 5.74) is -0.496. The Morgan fingerprint density at radius 2 is 1.83 bits per heavy atom. The zero-order valence-corrected chi connectivity index (χ0v) is 23.4. The topological polar surface area (TPSA) is 80.9 Å². The Balaban J connectivity index is 1.53. The van der Waals surface area contributed by atoms with Crippen LogP contribution in [0.15, 0.2) is 53.5 Å². The number of rotatable bonds is 6. The van der Waals surface area contributed by atoms with Crippen LogP contribution in [0, 0.1) is 5.82 Å². The fourth-order valence-electron chi connectivity index (χ4n) is 5.54. The van der Waals surface area contributed by atoms with Crippen molar-refractivity contribution in [3.05, 3.63) is 81.5 Å². The molecule has 2 fully saturated rings. The molecule has 0 spiro atoms. The minimum Gasteiger partial charge on any atom is -0.379 e. The van der Waals surface area contributed by atoms with Crippen LogP contribution in [0.3, 0.4) is 0 Å². The van der Waals surface area contributed by atoms with Crippen LogP contribution in [0.1, 0.15) is 28.4 Å². The van der Waals surface area contributed by atoms with Crippen LogP contribution < -0.4 is 15.8 Å². The number of likely N-dealkylation sites (N-methyl/N-ethyl adjacent to an activating group) is 1. The lowest BCUT2D eigenvalue weighted by atomic mass is 9.99. The van der Waals surface area contributed by atoms with E-state index in [9.17, 15) is 22.8 Å². The molecule has 2 aliphatic rings. The number of pyridine rings is 1. The summed E-state index contributed by atoms with van der Waals surface area (Å²) in [7, 11) is 2.00. The van der Waals surface area contributed by atoms with Crippen molar-refractivity contribution in [2.75, 3.05) is 63.2 Å². The Morgan fingerprint density at radius 1 is 1.07 bits per heavy atom. The molecular formula is C30H33F4N5O3. The molecule has 1 aromatic heterocycles. The van der Waals surface area contributed by atoms with Crippen molar-refractivity contribution in [1.82, 2.24) is 14.8 Å². The minimum absolute atomic E-state index is 0.0395. The number of amides is 1. The molecule has 224 valence electrons. The third-order valence-electron chi connectivity index (χ3n) is 7.71. The number of carbonyl (C=O) groups is 1. The number of benzene rings is 2. The van der Waals surface area contributed by atoms with Gasteiger partial charge in [-0.1, -0.05) is 12.1 Å². The molecule has 2 saturated heterocycles. The maximum atomic E-state index is 15.2. The SMILES string of the molecule is C[C@H]1CN(C)CCN1c1ccc(-c2cc(CN3CCOCC3)ccc2F)cc1NC(=O)c1c[nH]c(=O)cc1C(F)(F)F. The second kappa shape index (κ2) is 12.2. The first-order valence-corrected chi connectivity index (χ1v) is 13.8. The van der Waals surface area contributed by atoms with Gasteiger partial charge in [0.15, 0.2) is 0 Å². The normalized spacial score (nSPS) is 18.7. The Hall–Kier alpha value is -3.74. The van der Waals surface area contributed by atoms with Crippen LogP contribution in [-0.4, -0.2) is 79.7 Å². The van der Waals surface area contributed by atoms with Gasteiger partial charge in [-0.2, -0.15) is 13.2 Å². The first kappa shape index (κ1) is 29.7. The standard InChI is InChI=1S/C30H33F4N5O3/c1-19-17-37(2)7-8-39(19)27-6-4-21(22-13-20(3-5-25(22)31)18-38-9-11-42-12-10-38)14-26(27)36-29(41)23-16-35-28(40)15-24(23)30(32,33)34/h3-6,13-16,19H,7-12,17-18H2,1-2H3,(H,35,40)(H,36,41)/t19-/m0/s1. The van der Waals surface area contributed by atoms with Crippen LogP contribution in [0.4, 0.5) is 28.9 Å². The number of alkyl halides is 3. The number of nitrogens with one attached hydrogen (secondary N) is 2. The molecule has 1 atom stereocenters. The van der Waals surface area contributed by atoms with Gasteiger partial charge in [0.05, 0.1) is 35.7 Å². The fraction of sp³-hybridized carbons (Fsp3) is 0.400. The number of aromatic amines is 1. The predicted octanol–water partition coefficient (Wildman–Crippen LogP) is 4.42. The number of aromatic nitrogens is 1. The fourth-order valence-corrected chi connectivity index (χ4v) is 5.54. The number of hydrogen-bond acceptors (Lipinski definition) is 6. The van der Waals surface area contributed by atoms with Gasteiger partial charge in [-0.25, -0.2) is 4.39 Å². The van der Waals surface area contributed by atoms with E-state index >= 15 is 4.39 Å². The van der Waals surface area contributed by atoms with E-state index < -0.39 is 34.6 Å². The van der Waals surface area contributed by atoms with Crippen LogP contribution in [0.5, 0.6) is 0 Å². The molecule has 42 heavy (non-hydrogen) atoms. The predicted molar refractivity (Wildman–Crippen MR) is 152 cm³/mol. The maximum absolute atomic E-state index is 15.2. The van der Waals surface area contributed by atoms with Gasteiger partial charge >= 0.3 is 6.18 Å². The number of H-pyrrole nitrogens is 1. The summed E-state index contributed by atoms with van der Waals surface area (Å²) in [5.74, 6) is -1.50. The number of morpholine rings is 1. The molecule has 5 rings (SSSR count). The molecule has 0 radical (unpaired) electrons. The van der Waals surface area contributed by atoms with Crippen LogP contribution in [0.25, 0.3) is 11.1 Å². The lowest BCUT2D eigenvalue weighted by Gasteiger charge is -2.40. The lowest BCUT2D eigenvalue weighted by molar-refractivity contribution is -0.138. The van der Waals surface area contributed by atoms with Crippen molar-refractivity contribution in [2.45, 2.75) is 25.7 Å². The van der Waals surface area contributed by atoms with Crippen LogP contribution >= 0.6 is 0 Å². The first-order valence-electron chi connectivity index (χ1n) is 13.8. The van der Waals surface area contributed by atoms with Crippen molar-refractivity contribution in [3.8, 4) is 11.1 Å². The Bertz CT molecular complexity index is 1500. The third kappa shape index (κ3) is 6.66. The Labute approximate surface area is 240 Å². The van der Waals surface area contributed by atoms with E-state index in [1.807, 2.05) is 14.0 Å². The van der Waals surface area contributed by atoms with Gasteiger partial charge in [0, 0.05) is 63.1 Å². The molecule has 2 N–H and O–H groups in total. The summed E-state index contributed by atoms with van der Waals surface area (Å²) >= 11 is 0. The summed E-state index contributed by atoms with van der Waals surface area (Å²) in [6, 6.07) is 10.4. The number of piperazine rings is 1. The molecule has 12 heteroatoms. The number of hydrogen-bond donors (Lipinski definition) is 2. The quantitative estimate of drug-likeness (QED) is 0.416.